The van der Waals surface area contributed by atoms with E-state index < -0.39 is 23.1 Å². The molecule has 4 aromatic heterocycles. The van der Waals surface area contributed by atoms with Gasteiger partial charge in [-0.1, -0.05) is 23.5 Å². The van der Waals surface area contributed by atoms with Crippen molar-refractivity contribution in [2.24, 2.45) is 28.2 Å². The van der Waals surface area contributed by atoms with Crippen LogP contribution < -0.4 is 21.6 Å². The maximum absolute atomic E-state index is 11.4. The molecule has 0 aromatic carbocycles. The fourth-order valence-corrected chi connectivity index (χ4v) is 5.73. The number of pyridine rings is 4. The second-order valence-electron chi connectivity index (χ2n) is 10.3. The summed E-state index contributed by atoms with van der Waals surface area (Å²) in [4.78, 5) is 43.3. The second kappa shape index (κ2) is 24.4. The Kier molecular flexibility index (Phi) is 21.8. The summed E-state index contributed by atoms with van der Waals surface area (Å²) in [6.07, 6.45) is 14.4. The Morgan fingerprint density at radius 2 is 0.684 bits per heavy atom. The van der Waals surface area contributed by atoms with Gasteiger partial charge in [-0.3, -0.25) is 29.1 Å². The standard InChI is InChI=1S/2C10H8N2S.2C6H7N5O2.4H2O.Zn/c2*1-5-11-6-2-9(1)13-10-3-7-12-8-4-10;2*1-10-4-3(7-9-8-4)5(12)11(2)6(10)13;;;;;/h2*1-8H;2*12H,1-2H3;4*1H2;/q;;;;;;;;+2/p+2. The summed E-state index contributed by atoms with van der Waals surface area (Å²) >= 11 is 3.42. The van der Waals surface area contributed by atoms with E-state index in [9.17, 15) is 19.8 Å². The molecule has 0 atom stereocenters. The fourth-order valence-electron chi connectivity index (χ4n) is 4.15. The third-order valence-electron chi connectivity index (χ3n) is 6.86. The summed E-state index contributed by atoms with van der Waals surface area (Å²) in [6.45, 7) is 0. The van der Waals surface area contributed by atoms with Crippen LogP contribution in [-0.4, -0.2) is 69.0 Å². The van der Waals surface area contributed by atoms with E-state index in [2.05, 4.69) is 50.8 Å². The van der Waals surface area contributed by atoms with E-state index in [1.807, 2.05) is 48.5 Å². The van der Waals surface area contributed by atoms with Crippen molar-refractivity contribution in [1.82, 2.24) is 69.0 Å². The van der Waals surface area contributed by atoms with Crippen molar-refractivity contribution in [3.8, 4) is 34.8 Å². The molecule has 25 heteroatoms. The van der Waals surface area contributed by atoms with Crippen LogP contribution in [0.1, 0.15) is 0 Å². The molecule has 8 heterocycles. The molecular weight excluding hydrogens is 838 g/mol. The summed E-state index contributed by atoms with van der Waals surface area (Å²) in [5, 5.41) is 43.6. The molecule has 12 N–H and O–H groups in total. The molecule has 0 saturated carbocycles. The summed E-state index contributed by atoms with van der Waals surface area (Å²) < 4.78 is 4.41. The van der Waals surface area contributed by atoms with E-state index in [4.69, 9.17) is 0 Å². The fraction of sp³-hybridized carbons (Fsp3) is 0.125. The van der Waals surface area contributed by atoms with Gasteiger partial charge in [-0.15, -0.1) is 20.4 Å². The Morgan fingerprint density at radius 3 is 0.930 bits per heavy atom. The van der Waals surface area contributed by atoms with Crippen molar-refractivity contribution < 1.29 is 51.6 Å². The van der Waals surface area contributed by atoms with E-state index in [1.165, 1.54) is 56.9 Å². The molecule has 0 saturated heterocycles. The van der Waals surface area contributed by atoms with Crippen LogP contribution in [0.2, 0.25) is 0 Å². The van der Waals surface area contributed by atoms with Crippen LogP contribution in [0.15, 0.2) is 127 Å². The Balaban J connectivity index is 0.000000713. The average molecular weight is 878 g/mol. The van der Waals surface area contributed by atoms with Crippen LogP contribution in [0.5, 0.6) is 11.8 Å². The number of fused-ring (bicyclic) bond motifs is 2. The summed E-state index contributed by atoms with van der Waals surface area (Å²) in [7, 11) is 5.80. The number of hydrogen-bond donors (Lipinski definition) is 0. The molecule has 0 spiro atoms. The van der Waals surface area contributed by atoms with Crippen LogP contribution >= 0.6 is 23.5 Å². The molecule has 57 heavy (non-hydrogen) atoms. The molecule has 0 bridgehead atoms. The first kappa shape index (κ1) is 50.9. The van der Waals surface area contributed by atoms with Gasteiger partial charge in [-0.25, -0.2) is 9.59 Å². The molecule has 296 valence electrons. The van der Waals surface area contributed by atoms with E-state index >= 15 is 0 Å². The summed E-state index contributed by atoms with van der Waals surface area (Å²) in [5.74, 6) is -0.507. The SMILES string of the molecule is Cn1c2nnnc-2c([O-])n(C)c1=O.Cn1c2nnnc-2c([O-])n(C)c1=O.[OH3+].[OH3+].[OH3+].[OH3+].[Zn+2].c1cc(Sc2ccncc2)ccn1.c1cc(Sc2ccncc2)ccn1. The summed E-state index contributed by atoms with van der Waals surface area (Å²) in [6, 6.07) is 15.9. The molecule has 22 nitrogen and oxygen atoms in total. The van der Waals surface area contributed by atoms with Gasteiger partial charge >= 0.3 is 30.9 Å². The van der Waals surface area contributed by atoms with Crippen molar-refractivity contribution in [2.75, 3.05) is 0 Å². The Bertz CT molecular complexity index is 2150. The second-order valence-corrected chi connectivity index (χ2v) is 12.6. The van der Waals surface area contributed by atoms with Gasteiger partial charge in [0.15, 0.2) is 11.6 Å². The summed E-state index contributed by atoms with van der Waals surface area (Å²) in [5.41, 5.74) is -0.631. The van der Waals surface area contributed by atoms with Gasteiger partial charge < -0.3 is 41.3 Å². The first-order valence-electron chi connectivity index (χ1n) is 14.9. The van der Waals surface area contributed by atoms with Crippen molar-refractivity contribution >= 4 is 23.5 Å². The van der Waals surface area contributed by atoms with Gasteiger partial charge in [-0.2, -0.15) is 0 Å². The minimum atomic E-state index is -0.469. The molecule has 8 rings (SSSR count). The van der Waals surface area contributed by atoms with Gasteiger partial charge in [0.2, 0.25) is 0 Å². The third kappa shape index (κ3) is 13.0. The zero-order valence-electron chi connectivity index (χ0n) is 31.0. The minimum Gasteiger partial charge on any atom is -0.858 e. The normalized spacial score (nSPS) is 9.47. The maximum atomic E-state index is 11.4. The quantitative estimate of drug-likeness (QED) is 0.133. The number of nitrogens with zero attached hydrogens (tertiary/aromatic N) is 14. The smallest absolute Gasteiger partial charge is 0.858 e. The van der Waals surface area contributed by atoms with Crippen molar-refractivity contribution in [2.45, 2.75) is 19.6 Å². The largest absolute Gasteiger partial charge is 2.00 e. The van der Waals surface area contributed by atoms with Gasteiger partial charge in [0.05, 0.1) is 0 Å². The molecule has 0 amide bonds. The third-order valence-corrected chi connectivity index (χ3v) is 8.89. The van der Waals surface area contributed by atoms with Gasteiger partial charge in [-0.05, 0) is 70.7 Å². The number of hydrogen-bond acceptors (Lipinski definition) is 16. The van der Waals surface area contributed by atoms with Gasteiger partial charge in [0.25, 0.3) is 0 Å². The Morgan fingerprint density at radius 1 is 0.439 bits per heavy atom. The molecule has 0 aliphatic carbocycles. The maximum Gasteiger partial charge on any atom is 2.00 e. The zero-order valence-corrected chi connectivity index (χ0v) is 35.6. The van der Waals surface area contributed by atoms with Gasteiger partial charge in [0, 0.05) is 97.3 Å². The topological polar surface area (TPSA) is 361 Å². The number of aromatic nitrogens is 14. The van der Waals surface area contributed by atoms with Crippen molar-refractivity contribution in [1.29, 1.82) is 0 Å². The van der Waals surface area contributed by atoms with Crippen LogP contribution in [0.25, 0.3) is 23.0 Å². The van der Waals surface area contributed by atoms with E-state index in [0.717, 1.165) is 9.13 Å². The van der Waals surface area contributed by atoms with Crippen LogP contribution in [-0.2, 0) is 69.6 Å². The zero-order chi connectivity index (χ0) is 37.0. The molecule has 0 fully saturated rings. The monoisotopic (exact) mass is 876 g/mol. The Hall–Kier alpha value is -6.08. The van der Waals surface area contributed by atoms with Crippen molar-refractivity contribution in [3.63, 3.8) is 0 Å². The van der Waals surface area contributed by atoms with Crippen LogP contribution in [0, 0.1) is 0 Å². The average Bonchev–Trinajstić information content (AvgIpc) is 3.89. The first-order valence-corrected chi connectivity index (χ1v) is 16.6. The van der Waals surface area contributed by atoms with Crippen molar-refractivity contribution in [3.05, 3.63) is 119 Å². The molecule has 4 aliphatic heterocycles. The number of rotatable bonds is 4. The predicted octanol–water partition coefficient (Wildman–Crippen LogP) is -2.26. The van der Waals surface area contributed by atoms with Crippen LogP contribution in [0.4, 0.5) is 0 Å². The molecular formula is C32H40N14O8S2Zn+4. The van der Waals surface area contributed by atoms with E-state index in [0.29, 0.717) is 0 Å². The molecule has 0 unspecified atom stereocenters. The van der Waals surface area contributed by atoms with E-state index in [-0.39, 0.29) is 64.4 Å². The van der Waals surface area contributed by atoms with Crippen LogP contribution in [0.3, 0.4) is 0 Å². The molecule has 0 radical (unpaired) electrons. The van der Waals surface area contributed by atoms with E-state index in [1.54, 1.807) is 73.1 Å². The molecule has 4 aromatic rings. The predicted molar refractivity (Wildman–Crippen MR) is 205 cm³/mol. The first-order chi connectivity index (χ1) is 25.2. The molecule has 4 aliphatic rings. The van der Waals surface area contributed by atoms with Gasteiger partial charge in [0.1, 0.15) is 11.4 Å². The Labute approximate surface area is 344 Å². The minimum absolute atomic E-state index is 0.